The first-order chi connectivity index (χ1) is 7.88. The summed E-state index contributed by atoms with van der Waals surface area (Å²) in [6.07, 6.45) is 0. The van der Waals surface area contributed by atoms with E-state index in [1.165, 1.54) is 16.2 Å². The third-order valence-corrected chi connectivity index (χ3v) is 2.81. The van der Waals surface area contributed by atoms with Crippen LogP contribution in [-0.4, -0.2) is 7.05 Å². The number of benzene rings is 2. The van der Waals surface area contributed by atoms with E-state index in [1.54, 1.807) is 0 Å². The van der Waals surface area contributed by atoms with Gasteiger partial charge in [-0.25, -0.2) is 0 Å². The van der Waals surface area contributed by atoms with E-state index >= 15 is 0 Å². The molecule has 2 aromatic carbocycles. The molecular formula is C14H13NO. The van der Waals surface area contributed by atoms with Gasteiger partial charge in [0.05, 0.1) is 6.54 Å². The summed E-state index contributed by atoms with van der Waals surface area (Å²) in [7, 11) is 1.92. The average molecular weight is 211 g/mol. The Morgan fingerprint density at radius 2 is 1.88 bits per heavy atom. The summed E-state index contributed by atoms with van der Waals surface area (Å²) in [5.74, 6) is 0.980. The zero-order valence-electron chi connectivity index (χ0n) is 9.16. The fourth-order valence-corrected chi connectivity index (χ4v) is 2.08. The summed E-state index contributed by atoms with van der Waals surface area (Å²) in [4.78, 5) is 0. The highest BCUT2D eigenvalue weighted by Crippen LogP contribution is 2.27. The zero-order valence-corrected chi connectivity index (χ0v) is 9.16. The first kappa shape index (κ1) is 9.43. The molecule has 80 valence electrons. The molecule has 0 fully saturated rings. The molecular weight excluding hydrogens is 198 g/mol. The predicted octanol–water partition coefficient (Wildman–Crippen LogP) is 3.31. The van der Waals surface area contributed by atoms with Gasteiger partial charge in [-0.05, 0) is 18.5 Å². The van der Waals surface area contributed by atoms with E-state index in [0.717, 1.165) is 17.9 Å². The van der Waals surface area contributed by atoms with Gasteiger partial charge in [-0.2, -0.15) is 0 Å². The van der Waals surface area contributed by atoms with Crippen LogP contribution in [0.2, 0.25) is 0 Å². The maximum atomic E-state index is 5.86. The lowest BCUT2D eigenvalue weighted by Gasteiger charge is -1.97. The van der Waals surface area contributed by atoms with Gasteiger partial charge < -0.3 is 9.73 Å². The second-order valence-electron chi connectivity index (χ2n) is 3.95. The third kappa shape index (κ3) is 1.39. The zero-order chi connectivity index (χ0) is 11.0. The lowest BCUT2D eigenvalue weighted by molar-refractivity contribution is 0.533. The van der Waals surface area contributed by atoms with E-state index in [-0.39, 0.29) is 0 Å². The Labute approximate surface area is 93.9 Å². The van der Waals surface area contributed by atoms with Crippen LogP contribution in [0.15, 0.2) is 46.9 Å². The van der Waals surface area contributed by atoms with Crippen molar-refractivity contribution in [3.05, 3.63) is 48.2 Å². The molecule has 0 saturated carbocycles. The normalized spacial score (nSPS) is 11.3. The molecule has 1 N–H and O–H groups in total. The topological polar surface area (TPSA) is 25.2 Å². The summed E-state index contributed by atoms with van der Waals surface area (Å²) >= 11 is 0. The van der Waals surface area contributed by atoms with Crippen LogP contribution in [0.3, 0.4) is 0 Å². The maximum Gasteiger partial charge on any atom is 0.142 e. The highest BCUT2D eigenvalue weighted by Gasteiger charge is 2.06. The quantitative estimate of drug-likeness (QED) is 0.703. The second-order valence-corrected chi connectivity index (χ2v) is 3.95. The van der Waals surface area contributed by atoms with Crippen molar-refractivity contribution in [2.75, 3.05) is 7.05 Å². The van der Waals surface area contributed by atoms with Crippen molar-refractivity contribution in [2.45, 2.75) is 6.54 Å². The van der Waals surface area contributed by atoms with E-state index in [2.05, 4.69) is 35.6 Å². The summed E-state index contributed by atoms with van der Waals surface area (Å²) < 4.78 is 5.86. The fourth-order valence-electron chi connectivity index (χ4n) is 2.08. The monoisotopic (exact) mass is 211 g/mol. The van der Waals surface area contributed by atoms with Crippen LogP contribution >= 0.6 is 0 Å². The Morgan fingerprint density at radius 1 is 1.06 bits per heavy atom. The third-order valence-electron chi connectivity index (χ3n) is 2.81. The molecule has 1 heterocycles. The summed E-state index contributed by atoms with van der Waals surface area (Å²) in [5.41, 5.74) is 0.989. The van der Waals surface area contributed by atoms with Crippen LogP contribution in [0, 0.1) is 0 Å². The number of hydrogen-bond acceptors (Lipinski definition) is 2. The number of furan rings is 1. The van der Waals surface area contributed by atoms with Gasteiger partial charge in [0, 0.05) is 10.8 Å². The number of fused-ring (bicyclic) bond motifs is 3. The molecule has 2 heteroatoms. The van der Waals surface area contributed by atoms with E-state index < -0.39 is 0 Å². The standard InChI is InChI=1S/C14H13NO/c1-15-9-12-8-11-7-6-10-4-2-3-5-13(10)14(11)16-12/h2-8,15H,9H2,1H3. The molecule has 0 bridgehead atoms. The van der Waals surface area contributed by atoms with Gasteiger partial charge in [0.25, 0.3) is 0 Å². The van der Waals surface area contributed by atoms with Gasteiger partial charge in [0.2, 0.25) is 0 Å². The molecule has 0 saturated heterocycles. The molecule has 2 nitrogen and oxygen atoms in total. The van der Waals surface area contributed by atoms with Crippen LogP contribution in [-0.2, 0) is 6.54 Å². The predicted molar refractivity (Wildman–Crippen MR) is 66.5 cm³/mol. The minimum atomic E-state index is 0.767. The van der Waals surface area contributed by atoms with Gasteiger partial charge in [-0.1, -0.05) is 36.4 Å². The molecule has 0 aliphatic carbocycles. The first-order valence-electron chi connectivity index (χ1n) is 5.43. The molecule has 0 aliphatic rings. The highest BCUT2D eigenvalue weighted by atomic mass is 16.3. The van der Waals surface area contributed by atoms with E-state index in [1.807, 2.05) is 19.2 Å². The van der Waals surface area contributed by atoms with Crippen molar-refractivity contribution in [3.63, 3.8) is 0 Å². The van der Waals surface area contributed by atoms with Gasteiger partial charge in [0.15, 0.2) is 0 Å². The largest absolute Gasteiger partial charge is 0.459 e. The van der Waals surface area contributed by atoms with Gasteiger partial charge in [-0.3, -0.25) is 0 Å². The molecule has 0 spiro atoms. The Kier molecular flexibility index (Phi) is 2.15. The number of hydrogen-bond donors (Lipinski definition) is 1. The van der Waals surface area contributed by atoms with Gasteiger partial charge in [0.1, 0.15) is 11.3 Å². The molecule has 3 rings (SSSR count). The number of nitrogens with one attached hydrogen (secondary N) is 1. The number of rotatable bonds is 2. The van der Waals surface area contributed by atoms with Crippen molar-refractivity contribution in [3.8, 4) is 0 Å². The molecule has 3 aromatic rings. The Morgan fingerprint density at radius 3 is 2.75 bits per heavy atom. The lowest BCUT2D eigenvalue weighted by Crippen LogP contribution is -2.03. The smallest absolute Gasteiger partial charge is 0.142 e. The van der Waals surface area contributed by atoms with E-state index in [4.69, 9.17) is 4.42 Å². The fraction of sp³-hybridized carbons (Fsp3) is 0.143. The van der Waals surface area contributed by atoms with Crippen LogP contribution in [0.4, 0.5) is 0 Å². The lowest BCUT2D eigenvalue weighted by atomic mass is 10.1. The minimum absolute atomic E-state index is 0.767. The molecule has 0 amide bonds. The molecule has 1 aromatic heterocycles. The van der Waals surface area contributed by atoms with Crippen molar-refractivity contribution in [1.29, 1.82) is 0 Å². The molecule has 0 radical (unpaired) electrons. The highest BCUT2D eigenvalue weighted by molar-refractivity contribution is 6.04. The Bertz CT molecular complexity index is 639. The van der Waals surface area contributed by atoms with Crippen molar-refractivity contribution in [2.24, 2.45) is 0 Å². The van der Waals surface area contributed by atoms with E-state index in [9.17, 15) is 0 Å². The van der Waals surface area contributed by atoms with Crippen molar-refractivity contribution < 1.29 is 4.42 Å². The maximum absolute atomic E-state index is 5.86. The van der Waals surface area contributed by atoms with Crippen LogP contribution in [0.25, 0.3) is 21.7 Å². The molecule has 0 aliphatic heterocycles. The van der Waals surface area contributed by atoms with Crippen LogP contribution < -0.4 is 5.32 Å². The van der Waals surface area contributed by atoms with Crippen molar-refractivity contribution >= 4 is 21.7 Å². The van der Waals surface area contributed by atoms with E-state index in [0.29, 0.717) is 0 Å². The second kappa shape index (κ2) is 3.65. The average Bonchev–Trinajstić information content (AvgIpc) is 2.72. The van der Waals surface area contributed by atoms with Gasteiger partial charge >= 0.3 is 0 Å². The van der Waals surface area contributed by atoms with Gasteiger partial charge in [-0.15, -0.1) is 0 Å². The Hall–Kier alpha value is -1.80. The van der Waals surface area contributed by atoms with Crippen LogP contribution in [0.5, 0.6) is 0 Å². The molecule has 16 heavy (non-hydrogen) atoms. The summed E-state index contributed by atoms with van der Waals surface area (Å²) in [6, 6.07) is 14.6. The van der Waals surface area contributed by atoms with Crippen LogP contribution in [0.1, 0.15) is 5.76 Å². The summed E-state index contributed by atoms with van der Waals surface area (Å²) in [6.45, 7) is 0.767. The molecule has 0 unspecified atom stereocenters. The molecule has 0 atom stereocenters. The van der Waals surface area contributed by atoms with Crippen molar-refractivity contribution in [1.82, 2.24) is 5.32 Å². The SMILES string of the molecule is CNCc1cc2ccc3ccccc3c2o1. The first-order valence-corrected chi connectivity index (χ1v) is 5.43. The minimum Gasteiger partial charge on any atom is -0.459 e. The summed E-state index contributed by atoms with van der Waals surface area (Å²) in [5, 5.41) is 6.67. The Balaban J connectivity index is 2.32.